The van der Waals surface area contributed by atoms with Crippen molar-refractivity contribution in [3.8, 4) is 11.1 Å². The van der Waals surface area contributed by atoms with Crippen molar-refractivity contribution in [1.82, 2.24) is 9.97 Å². The van der Waals surface area contributed by atoms with Crippen molar-refractivity contribution in [1.29, 1.82) is 0 Å². The number of nitrogens with zero attached hydrogens (tertiary/aromatic N) is 2. The Morgan fingerprint density at radius 2 is 1.87 bits per heavy atom. The molecule has 0 fully saturated rings. The van der Waals surface area contributed by atoms with Crippen LogP contribution in [-0.4, -0.2) is 9.97 Å². The second-order valence-electron chi connectivity index (χ2n) is 3.00. The molecule has 2 aromatic heterocycles. The van der Waals surface area contributed by atoms with Crippen molar-refractivity contribution in [2.24, 2.45) is 0 Å². The summed E-state index contributed by atoms with van der Waals surface area (Å²) in [5.74, 6) is -0.321. The van der Waals surface area contributed by atoms with Crippen molar-refractivity contribution in [2.45, 2.75) is 5.88 Å². The number of halogens is 2. The molecule has 15 heavy (non-hydrogen) atoms. The minimum Gasteiger partial charge on any atom is -0.265 e. The van der Waals surface area contributed by atoms with E-state index in [1.54, 1.807) is 18.5 Å². The van der Waals surface area contributed by atoms with E-state index in [0.717, 1.165) is 11.1 Å². The molecule has 0 spiro atoms. The maximum atomic E-state index is 12.9. The summed E-state index contributed by atoms with van der Waals surface area (Å²) in [5.41, 5.74) is 2.32. The van der Waals surface area contributed by atoms with E-state index in [1.165, 1.54) is 6.07 Å². The van der Waals surface area contributed by atoms with Gasteiger partial charge in [-0.05, 0) is 29.8 Å². The lowest BCUT2D eigenvalue weighted by Crippen LogP contribution is -1.94. The van der Waals surface area contributed by atoms with Crippen LogP contribution in [0, 0.1) is 5.95 Å². The highest BCUT2D eigenvalue weighted by molar-refractivity contribution is 6.17. The van der Waals surface area contributed by atoms with Crippen molar-refractivity contribution in [2.75, 3.05) is 0 Å². The standard InChI is InChI=1S/C11H8ClFN2/c12-7-10-9(1-2-11(13)15-10)8-3-5-14-6-4-8/h1-6H,7H2. The number of hydrogen-bond acceptors (Lipinski definition) is 2. The first-order valence-corrected chi connectivity index (χ1v) is 4.96. The zero-order valence-corrected chi connectivity index (χ0v) is 8.58. The quantitative estimate of drug-likeness (QED) is 0.577. The summed E-state index contributed by atoms with van der Waals surface area (Å²) in [6, 6.07) is 6.68. The molecule has 0 aromatic carbocycles. The molecule has 76 valence electrons. The molecule has 0 saturated carbocycles. The summed E-state index contributed by atoms with van der Waals surface area (Å²) < 4.78 is 12.9. The first-order valence-electron chi connectivity index (χ1n) is 4.43. The molecule has 0 aliphatic rings. The molecule has 2 rings (SSSR count). The average molecular weight is 223 g/mol. The lowest BCUT2D eigenvalue weighted by atomic mass is 10.1. The highest BCUT2D eigenvalue weighted by atomic mass is 35.5. The van der Waals surface area contributed by atoms with Gasteiger partial charge in [-0.1, -0.05) is 0 Å². The second-order valence-corrected chi connectivity index (χ2v) is 3.27. The molecule has 0 aliphatic carbocycles. The molecule has 2 nitrogen and oxygen atoms in total. The first kappa shape index (κ1) is 10.1. The Bertz CT molecular complexity index is 459. The third-order valence-corrected chi connectivity index (χ3v) is 2.31. The Morgan fingerprint density at radius 1 is 1.13 bits per heavy atom. The zero-order chi connectivity index (χ0) is 10.7. The van der Waals surface area contributed by atoms with Gasteiger partial charge in [0.1, 0.15) is 0 Å². The first-order chi connectivity index (χ1) is 7.31. The van der Waals surface area contributed by atoms with Gasteiger partial charge in [0.2, 0.25) is 5.95 Å². The minimum absolute atomic E-state index is 0.190. The van der Waals surface area contributed by atoms with Crippen LogP contribution in [0.25, 0.3) is 11.1 Å². The predicted molar refractivity (Wildman–Crippen MR) is 57.0 cm³/mol. The van der Waals surface area contributed by atoms with E-state index in [1.807, 2.05) is 12.1 Å². The SMILES string of the molecule is Fc1ccc(-c2ccncc2)c(CCl)n1. The molecule has 0 saturated heterocycles. The molecule has 0 radical (unpaired) electrons. The molecule has 4 heteroatoms. The van der Waals surface area contributed by atoms with Crippen LogP contribution in [0.4, 0.5) is 4.39 Å². The van der Waals surface area contributed by atoms with Gasteiger partial charge in [0.25, 0.3) is 0 Å². The summed E-state index contributed by atoms with van der Waals surface area (Å²) in [4.78, 5) is 7.67. The molecule has 0 amide bonds. The van der Waals surface area contributed by atoms with E-state index in [9.17, 15) is 4.39 Å². The van der Waals surface area contributed by atoms with Gasteiger partial charge < -0.3 is 0 Å². The van der Waals surface area contributed by atoms with Crippen LogP contribution in [0.15, 0.2) is 36.7 Å². The molecule has 0 aliphatic heterocycles. The minimum atomic E-state index is -0.511. The number of pyridine rings is 2. The Labute approximate surface area is 91.8 Å². The lowest BCUT2D eigenvalue weighted by Gasteiger charge is -2.05. The molecular formula is C11H8ClFN2. The van der Waals surface area contributed by atoms with Crippen molar-refractivity contribution >= 4 is 11.6 Å². The van der Waals surface area contributed by atoms with Crippen LogP contribution >= 0.6 is 11.6 Å². The van der Waals surface area contributed by atoms with Gasteiger partial charge in [0.15, 0.2) is 0 Å². The van der Waals surface area contributed by atoms with Gasteiger partial charge in [-0.3, -0.25) is 4.98 Å². The zero-order valence-electron chi connectivity index (χ0n) is 7.82. The summed E-state index contributed by atoms with van der Waals surface area (Å²) >= 11 is 5.71. The molecule has 0 N–H and O–H groups in total. The van der Waals surface area contributed by atoms with Crippen molar-refractivity contribution in [3.05, 3.63) is 48.3 Å². The van der Waals surface area contributed by atoms with Crippen LogP contribution in [0.1, 0.15) is 5.69 Å². The fraction of sp³-hybridized carbons (Fsp3) is 0.0909. The third kappa shape index (κ3) is 2.13. The van der Waals surface area contributed by atoms with Crippen LogP contribution in [-0.2, 0) is 5.88 Å². The molecule has 2 aromatic rings. The normalized spacial score (nSPS) is 10.3. The van der Waals surface area contributed by atoms with Crippen LogP contribution in [0.3, 0.4) is 0 Å². The average Bonchev–Trinajstić information content (AvgIpc) is 2.30. The maximum Gasteiger partial charge on any atom is 0.213 e. The second kappa shape index (κ2) is 4.36. The summed E-state index contributed by atoms with van der Waals surface area (Å²) in [7, 11) is 0. The molecule has 0 unspecified atom stereocenters. The van der Waals surface area contributed by atoms with Crippen molar-refractivity contribution in [3.63, 3.8) is 0 Å². The molecule has 0 atom stereocenters. The Hall–Kier alpha value is -1.48. The summed E-state index contributed by atoms with van der Waals surface area (Å²) in [5, 5.41) is 0. The van der Waals surface area contributed by atoms with Crippen molar-refractivity contribution < 1.29 is 4.39 Å². The summed E-state index contributed by atoms with van der Waals surface area (Å²) in [6.07, 6.45) is 3.35. The third-order valence-electron chi connectivity index (χ3n) is 2.06. The summed E-state index contributed by atoms with van der Waals surface area (Å²) in [6.45, 7) is 0. The van der Waals surface area contributed by atoms with E-state index in [0.29, 0.717) is 5.69 Å². The van der Waals surface area contributed by atoms with Crippen LogP contribution in [0.2, 0.25) is 0 Å². The largest absolute Gasteiger partial charge is 0.265 e. The van der Waals surface area contributed by atoms with Crippen LogP contribution < -0.4 is 0 Å². The van der Waals surface area contributed by atoms with Gasteiger partial charge in [-0.15, -0.1) is 11.6 Å². The highest BCUT2D eigenvalue weighted by Gasteiger charge is 2.06. The van der Waals surface area contributed by atoms with Gasteiger partial charge >= 0.3 is 0 Å². The molecule has 0 bridgehead atoms. The topological polar surface area (TPSA) is 25.8 Å². The number of rotatable bonds is 2. The fourth-order valence-electron chi connectivity index (χ4n) is 1.37. The van der Waals surface area contributed by atoms with Gasteiger partial charge in [0, 0.05) is 18.0 Å². The van der Waals surface area contributed by atoms with Gasteiger partial charge in [-0.25, -0.2) is 4.98 Å². The Kier molecular flexibility index (Phi) is 2.92. The van der Waals surface area contributed by atoms with E-state index in [2.05, 4.69) is 9.97 Å². The monoisotopic (exact) mass is 222 g/mol. The number of hydrogen-bond donors (Lipinski definition) is 0. The predicted octanol–water partition coefficient (Wildman–Crippen LogP) is 3.02. The van der Waals surface area contributed by atoms with E-state index in [4.69, 9.17) is 11.6 Å². The number of alkyl halides is 1. The molecule has 2 heterocycles. The smallest absolute Gasteiger partial charge is 0.213 e. The van der Waals surface area contributed by atoms with Gasteiger partial charge in [-0.2, -0.15) is 4.39 Å². The Balaban J connectivity index is 2.53. The fourth-order valence-corrected chi connectivity index (χ4v) is 1.57. The van der Waals surface area contributed by atoms with E-state index >= 15 is 0 Å². The lowest BCUT2D eigenvalue weighted by molar-refractivity contribution is 0.580. The number of aromatic nitrogens is 2. The van der Waals surface area contributed by atoms with Crippen LogP contribution in [0.5, 0.6) is 0 Å². The molecular weight excluding hydrogens is 215 g/mol. The highest BCUT2D eigenvalue weighted by Crippen LogP contribution is 2.22. The van der Waals surface area contributed by atoms with E-state index in [-0.39, 0.29) is 5.88 Å². The van der Waals surface area contributed by atoms with E-state index < -0.39 is 5.95 Å². The Morgan fingerprint density at radius 3 is 2.53 bits per heavy atom. The van der Waals surface area contributed by atoms with Gasteiger partial charge in [0.05, 0.1) is 11.6 Å². The maximum absolute atomic E-state index is 12.9.